The van der Waals surface area contributed by atoms with Crippen LogP contribution in [-0.2, 0) is 22.5 Å². The molecule has 3 N–H and O–H groups in total. The molecule has 0 saturated carbocycles. The number of carbonyl (C=O) groups excluding carboxylic acids is 1. The number of rotatable bonds is 4. The van der Waals surface area contributed by atoms with Crippen LogP contribution in [0.5, 0.6) is 0 Å². The van der Waals surface area contributed by atoms with Gasteiger partial charge in [0.15, 0.2) is 0 Å². The Kier molecular flexibility index (Phi) is 6.23. The molecule has 2 aromatic heterocycles. The highest BCUT2D eigenvalue weighted by Crippen LogP contribution is 2.32. The van der Waals surface area contributed by atoms with Gasteiger partial charge >= 0.3 is 0 Å². The summed E-state index contributed by atoms with van der Waals surface area (Å²) in [6.45, 7) is 6.91. The number of fused-ring (bicyclic) bond motifs is 4. The van der Waals surface area contributed by atoms with Crippen LogP contribution in [0.1, 0.15) is 25.0 Å². The molecule has 1 fully saturated rings. The number of ether oxygens (including phenoxy) is 1. The fourth-order valence-corrected chi connectivity index (χ4v) is 6.18. The normalized spacial score (nSPS) is 22.0. The number of hydrogen-bond acceptors (Lipinski definition) is 5. The first-order valence-corrected chi connectivity index (χ1v) is 13.5. The summed E-state index contributed by atoms with van der Waals surface area (Å²) in [5, 5.41) is 9.09. The molecule has 1 amide bonds. The number of amides is 1. The molecular weight excluding hydrogens is 565 g/mol. The first kappa shape index (κ1) is 23.8. The van der Waals surface area contributed by atoms with Crippen molar-refractivity contribution in [2.75, 3.05) is 25.0 Å². The molecule has 4 heterocycles. The van der Waals surface area contributed by atoms with Crippen molar-refractivity contribution >= 4 is 56.0 Å². The number of aromatic amines is 1. The van der Waals surface area contributed by atoms with E-state index in [-0.39, 0.29) is 23.6 Å². The SMILES string of the molecule is CC1(C)CN(CC2Cc3ccccc3CN2)[C@H](C(=O)Nc2cc(I)cc3c2[nH]c2cnccc23)CO1. The van der Waals surface area contributed by atoms with Crippen LogP contribution in [0, 0.1) is 3.57 Å². The zero-order chi connectivity index (χ0) is 24.9. The van der Waals surface area contributed by atoms with Crippen molar-refractivity contribution in [3.05, 3.63) is 69.6 Å². The van der Waals surface area contributed by atoms with Crippen molar-refractivity contribution in [1.82, 2.24) is 20.2 Å². The second-order valence-corrected chi connectivity index (χ2v) is 11.7. The molecule has 186 valence electrons. The predicted molar refractivity (Wildman–Crippen MR) is 151 cm³/mol. The Morgan fingerprint density at radius 2 is 2.06 bits per heavy atom. The summed E-state index contributed by atoms with van der Waals surface area (Å²) >= 11 is 2.31. The molecule has 1 unspecified atom stereocenters. The van der Waals surface area contributed by atoms with Gasteiger partial charge in [0.05, 0.1) is 35.1 Å². The topological polar surface area (TPSA) is 82.3 Å². The quantitative estimate of drug-likeness (QED) is 0.304. The fourth-order valence-electron chi connectivity index (χ4n) is 5.55. The van der Waals surface area contributed by atoms with E-state index in [1.54, 1.807) is 6.20 Å². The van der Waals surface area contributed by atoms with Gasteiger partial charge < -0.3 is 20.4 Å². The van der Waals surface area contributed by atoms with Crippen molar-refractivity contribution in [2.45, 2.75) is 44.5 Å². The standard InChI is InChI=1S/C28H30IN5O2/c1-28(2)16-34(14-20-9-17-5-3-4-6-18(17)12-31-20)25(15-36-28)27(35)33-23-11-19(29)10-22-21-7-8-30-13-24(21)32-26(22)23/h3-8,10-11,13,20,25,31-32H,9,12,14-16H2,1-2H3,(H,33,35)/t20?,25-/m0/s1. The lowest BCUT2D eigenvalue weighted by Crippen LogP contribution is -2.61. The van der Waals surface area contributed by atoms with Gasteiger partial charge in [0.2, 0.25) is 5.91 Å². The largest absolute Gasteiger partial charge is 0.372 e. The van der Waals surface area contributed by atoms with E-state index in [1.807, 2.05) is 18.3 Å². The minimum Gasteiger partial charge on any atom is -0.372 e. The van der Waals surface area contributed by atoms with Crippen molar-refractivity contribution < 1.29 is 9.53 Å². The highest BCUT2D eigenvalue weighted by Gasteiger charge is 2.39. The molecule has 1 saturated heterocycles. The summed E-state index contributed by atoms with van der Waals surface area (Å²) < 4.78 is 7.20. The van der Waals surface area contributed by atoms with E-state index >= 15 is 0 Å². The molecule has 0 radical (unpaired) electrons. The van der Waals surface area contributed by atoms with E-state index < -0.39 is 0 Å². The number of aromatic nitrogens is 2. The maximum absolute atomic E-state index is 13.7. The number of pyridine rings is 1. The molecule has 0 bridgehead atoms. The lowest BCUT2D eigenvalue weighted by molar-refractivity contribution is -0.143. The van der Waals surface area contributed by atoms with Gasteiger partial charge in [0.25, 0.3) is 0 Å². The van der Waals surface area contributed by atoms with Crippen LogP contribution in [0.15, 0.2) is 54.9 Å². The zero-order valence-electron chi connectivity index (χ0n) is 20.5. The number of nitrogens with one attached hydrogen (secondary N) is 3. The van der Waals surface area contributed by atoms with E-state index in [9.17, 15) is 4.79 Å². The lowest BCUT2D eigenvalue weighted by Gasteiger charge is -2.44. The van der Waals surface area contributed by atoms with Crippen molar-refractivity contribution in [3.8, 4) is 0 Å². The number of carbonyl (C=O) groups is 1. The third kappa shape index (κ3) is 4.63. The number of nitrogens with zero attached hydrogens (tertiary/aromatic N) is 2. The second-order valence-electron chi connectivity index (χ2n) is 10.5. The molecular formula is C28H30IN5O2. The van der Waals surface area contributed by atoms with E-state index in [0.717, 1.165) is 50.6 Å². The van der Waals surface area contributed by atoms with Crippen molar-refractivity contribution in [3.63, 3.8) is 0 Å². The number of benzene rings is 2. The van der Waals surface area contributed by atoms with Crippen LogP contribution in [0.3, 0.4) is 0 Å². The number of anilines is 1. The Morgan fingerprint density at radius 3 is 2.92 bits per heavy atom. The van der Waals surface area contributed by atoms with Gasteiger partial charge in [-0.05, 0) is 72.2 Å². The van der Waals surface area contributed by atoms with Crippen LogP contribution in [0.4, 0.5) is 5.69 Å². The molecule has 4 aromatic rings. The van der Waals surface area contributed by atoms with Gasteiger partial charge in [-0.15, -0.1) is 0 Å². The number of hydrogen-bond donors (Lipinski definition) is 3. The number of H-pyrrole nitrogens is 1. The van der Waals surface area contributed by atoms with Gasteiger partial charge in [-0.1, -0.05) is 24.3 Å². The number of morpholine rings is 1. The smallest absolute Gasteiger partial charge is 0.244 e. The molecule has 2 aliphatic rings. The molecule has 2 aromatic carbocycles. The van der Waals surface area contributed by atoms with Crippen molar-refractivity contribution in [1.29, 1.82) is 0 Å². The third-order valence-electron chi connectivity index (χ3n) is 7.31. The Morgan fingerprint density at radius 1 is 1.22 bits per heavy atom. The van der Waals surface area contributed by atoms with Crippen LogP contribution in [-0.4, -0.2) is 58.2 Å². The first-order chi connectivity index (χ1) is 17.4. The van der Waals surface area contributed by atoms with E-state index in [0.29, 0.717) is 13.2 Å². The van der Waals surface area contributed by atoms with Gasteiger partial charge in [-0.25, -0.2) is 0 Å². The van der Waals surface area contributed by atoms with Crippen molar-refractivity contribution in [2.24, 2.45) is 0 Å². The van der Waals surface area contributed by atoms with Crippen LogP contribution >= 0.6 is 22.6 Å². The molecule has 2 aliphatic heterocycles. The first-order valence-electron chi connectivity index (χ1n) is 12.4. The monoisotopic (exact) mass is 595 g/mol. The van der Waals surface area contributed by atoms with Crippen LogP contribution in [0.2, 0.25) is 0 Å². The van der Waals surface area contributed by atoms with Crippen LogP contribution < -0.4 is 10.6 Å². The van der Waals surface area contributed by atoms with Gasteiger partial charge in [0.1, 0.15) is 6.04 Å². The van der Waals surface area contributed by atoms with E-state index in [4.69, 9.17) is 4.74 Å². The lowest BCUT2D eigenvalue weighted by atomic mass is 9.94. The summed E-state index contributed by atoms with van der Waals surface area (Å²) in [7, 11) is 0. The second kappa shape index (κ2) is 9.41. The molecule has 0 spiro atoms. The highest BCUT2D eigenvalue weighted by atomic mass is 127. The molecule has 36 heavy (non-hydrogen) atoms. The Balaban J connectivity index is 1.26. The Labute approximate surface area is 224 Å². The maximum atomic E-state index is 13.7. The summed E-state index contributed by atoms with van der Waals surface area (Å²) in [5.41, 5.74) is 5.11. The summed E-state index contributed by atoms with van der Waals surface area (Å²) in [6.07, 6.45) is 4.58. The zero-order valence-corrected chi connectivity index (χ0v) is 22.6. The summed E-state index contributed by atoms with van der Waals surface area (Å²) in [4.78, 5) is 23.7. The molecule has 6 rings (SSSR count). The summed E-state index contributed by atoms with van der Waals surface area (Å²) in [5.74, 6) is -0.0400. The average molecular weight is 595 g/mol. The maximum Gasteiger partial charge on any atom is 0.244 e. The Bertz CT molecular complexity index is 1450. The highest BCUT2D eigenvalue weighted by molar-refractivity contribution is 14.1. The molecule has 2 atom stereocenters. The van der Waals surface area contributed by atoms with Gasteiger partial charge in [-0.2, -0.15) is 0 Å². The minimum atomic E-state index is -0.365. The predicted octanol–water partition coefficient (Wildman–Crippen LogP) is 4.45. The molecule has 0 aliphatic carbocycles. The average Bonchev–Trinajstić information content (AvgIpc) is 3.22. The van der Waals surface area contributed by atoms with E-state index in [1.165, 1.54) is 11.1 Å². The van der Waals surface area contributed by atoms with Gasteiger partial charge in [0, 0.05) is 46.2 Å². The summed E-state index contributed by atoms with van der Waals surface area (Å²) in [6, 6.07) is 14.7. The minimum absolute atomic E-state index is 0.0400. The third-order valence-corrected chi connectivity index (χ3v) is 7.93. The molecule has 8 heteroatoms. The van der Waals surface area contributed by atoms with Crippen LogP contribution in [0.25, 0.3) is 21.8 Å². The molecule has 7 nitrogen and oxygen atoms in total. The van der Waals surface area contributed by atoms with Gasteiger partial charge in [-0.3, -0.25) is 14.7 Å². The Hall–Kier alpha value is -2.53. The van der Waals surface area contributed by atoms with E-state index in [2.05, 4.69) is 92.3 Å². The fraction of sp³-hybridized carbons (Fsp3) is 0.357. The number of halogens is 1.